The first-order valence-corrected chi connectivity index (χ1v) is 10.5. The summed E-state index contributed by atoms with van der Waals surface area (Å²) in [4.78, 5) is 4.23. The summed E-state index contributed by atoms with van der Waals surface area (Å²) in [7, 11) is -3.43. The number of nitrogens with one attached hydrogen (secondary N) is 2. The first-order valence-electron chi connectivity index (χ1n) is 8.82. The van der Waals surface area contributed by atoms with E-state index in [4.69, 9.17) is 5.26 Å². The molecular weight excluding hydrogens is 372 g/mol. The van der Waals surface area contributed by atoms with Crippen molar-refractivity contribution < 1.29 is 8.42 Å². The first-order chi connectivity index (χ1) is 13.5. The highest BCUT2D eigenvalue weighted by molar-refractivity contribution is 7.92. The number of sulfonamides is 1. The van der Waals surface area contributed by atoms with E-state index in [9.17, 15) is 8.42 Å². The van der Waals surface area contributed by atoms with E-state index in [1.54, 1.807) is 36.4 Å². The summed E-state index contributed by atoms with van der Waals surface area (Å²) in [5, 5.41) is 11.9. The second-order valence-corrected chi connectivity index (χ2v) is 8.10. The van der Waals surface area contributed by atoms with Crippen LogP contribution in [0.5, 0.6) is 0 Å². The van der Waals surface area contributed by atoms with E-state index in [1.165, 1.54) is 6.20 Å². The van der Waals surface area contributed by atoms with Gasteiger partial charge in [0.2, 0.25) is 10.0 Å². The van der Waals surface area contributed by atoms with Crippen LogP contribution in [-0.2, 0) is 16.4 Å². The van der Waals surface area contributed by atoms with Crippen molar-refractivity contribution in [1.29, 1.82) is 5.26 Å². The van der Waals surface area contributed by atoms with E-state index in [1.807, 2.05) is 30.3 Å². The number of benzene rings is 2. The Morgan fingerprint density at radius 1 is 0.929 bits per heavy atom. The second-order valence-electron chi connectivity index (χ2n) is 6.26. The Labute approximate surface area is 164 Å². The molecule has 2 N–H and O–H groups in total. The largest absolute Gasteiger partial charge is 0.340 e. The van der Waals surface area contributed by atoms with E-state index < -0.39 is 10.0 Å². The number of nitriles is 1. The number of aromatic nitrogens is 1. The van der Waals surface area contributed by atoms with E-state index in [2.05, 4.69) is 21.1 Å². The van der Waals surface area contributed by atoms with Gasteiger partial charge >= 0.3 is 0 Å². The second kappa shape index (κ2) is 9.02. The molecule has 0 saturated carbocycles. The monoisotopic (exact) mass is 392 g/mol. The fraction of sp³-hybridized carbons (Fsp3) is 0.143. The molecular formula is C21H20N4O2S. The molecule has 0 aliphatic rings. The van der Waals surface area contributed by atoms with E-state index in [0.717, 1.165) is 11.3 Å². The van der Waals surface area contributed by atoms with E-state index in [-0.39, 0.29) is 5.75 Å². The summed E-state index contributed by atoms with van der Waals surface area (Å²) in [6.07, 6.45) is 2.74. The van der Waals surface area contributed by atoms with Gasteiger partial charge in [-0.1, -0.05) is 30.3 Å². The maximum atomic E-state index is 12.2. The minimum Gasteiger partial charge on any atom is -0.340 e. The number of pyridine rings is 1. The average molecular weight is 392 g/mol. The van der Waals surface area contributed by atoms with Gasteiger partial charge in [0.15, 0.2) is 0 Å². The summed E-state index contributed by atoms with van der Waals surface area (Å²) < 4.78 is 27.0. The van der Waals surface area contributed by atoms with Gasteiger partial charge in [0.25, 0.3) is 0 Å². The summed E-state index contributed by atoms with van der Waals surface area (Å²) in [6.45, 7) is 0. The molecule has 0 amide bonds. The van der Waals surface area contributed by atoms with Crippen molar-refractivity contribution in [3.63, 3.8) is 0 Å². The molecule has 3 aromatic rings. The van der Waals surface area contributed by atoms with E-state index in [0.29, 0.717) is 29.9 Å². The first kappa shape index (κ1) is 19.4. The minimum atomic E-state index is -3.43. The Morgan fingerprint density at radius 2 is 1.64 bits per heavy atom. The predicted molar refractivity (Wildman–Crippen MR) is 111 cm³/mol. The van der Waals surface area contributed by atoms with Crippen LogP contribution in [0, 0.1) is 11.3 Å². The zero-order chi connectivity index (χ0) is 19.8. The third-order valence-electron chi connectivity index (χ3n) is 4.04. The molecule has 0 unspecified atom stereocenters. The lowest BCUT2D eigenvalue weighted by atomic mass is 10.1. The molecule has 142 valence electrons. The van der Waals surface area contributed by atoms with Gasteiger partial charge < -0.3 is 5.32 Å². The van der Waals surface area contributed by atoms with Gasteiger partial charge in [-0.3, -0.25) is 4.72 Å². The molecule has 0 aliphatic heterocycles. The molecule has 28 heavy (non-hydrogen) atoms. The Balaban J connectivity index is 1.53. The summed E-state index contributed by atoms with van der Waals surface area (Å²) in [5.41, 5.74) is 2.92. The molecule has 0 aliphatic carbocycles. The molecule has 2 aromatic carbocycles. The maximum absolute atomic E-state index is 12.2. The van der Waals surface area contributed by atoms with Gasteiger partial charge in [-0.15, -0.1) is 0 Å². The van der Waals surface area contributed by atoms with Crippen LogP contribution >= 0.6 is 0 Å². The summed E-state index contributed by atoms with van der Waals surface area (Å²) in [5.74, 6) is 0.629. The van der Waals surface area contributed by atoms with Crippen molar-refractivity contribution >= 4 is 27.2 Å². The third kappa shape index (κ3) is 5.83. The normalized spacial score (nSPS) is 10.8. The molecule has 1 aromatic heterocycles. The van der Waals surface area contributed by atoms with Crippen LogP contribution in [0.3, 0.4) is 0 Å². The highest BCUT2D eigenvalue weighted by atomic mass is 32.2. The molecule has 0 radical (unpaired) electrons. The molecule has 6 nitrogen and oxygen atoms in total. The number of nitrogens with zero attached hydrogens (tertiary/aromatic N) is 2. The lowest BCUT2D eigenvalue weighted by molar-refractivity contribution is 0.598. The standard InChI is InChI=1S/C21H20N4O2S/c22-15-18-8-10-19(11-9-18)24-21-13-12-20(16-23-21)25-28(26,27)14-4-7-17-5-2-1-3-6-17/h1-3,5-6,8-13,16,25H,4,7,14H2,(H,23,24). The van der Waals surface area contributed by atoms with Crippen LogP contribution in [0.2, 0.25) is 0 Å². The molecule has 1 heterocycles. The smallest absolute Gasteiger partial charge is 0.232 e. The summed E-state index contributed by atoms with van der Waals surface area (Å²) >= 11 is 0. The van der Waals surface area contributed by atoms with Crippen LogP contribution < -0.4 is 10.0 Å². The number of hydrogen-bond donors (Lipinski definition) is 2. The van der Waals surface area contributed by atoms with Crippen molar-refractivity contribution in [2.75, 3.05) is 15.8 Å². The van der Waals surface area contributed by atoms with Crippen LogP contribution in [0.4, 0.5) is 17.2 Å². The van der Waals surface area contributed by atoms with Gasteiger partial charge in [-0.05, 0) is 54.8 Å². The Bertz CT molecular complexity index is 1040. The minimum absolute atomic E-state index is 0.0487. The third-order valence-corrected chi connectivity index (χ3v) is 5.42. The van der Waals surface area contributed by atoms with Crippen LogP contribution in [0.25, 0.3) is 0 Å². The van der Waals surface area contributed by atoms with Crippen molar-refractivity contribution in [3.8, 4) is 6.07 Å². The van der Waals surface area contributed by atoms with Gasteiger partial charge in [0.1, 0.15) is 5.82 Å². The molecule has 7 heteroatoms. The molecule has 3 rings (SSSR count). The van der Waals surface area contributed by atoms with Gasteiger partial charge in [0.05, 0.1) is 29.3 Å². The van der Waals surface area contributed by atoms with Gasteiger partial charge in [-0.2, -0.15) is 5.26 Å². The Hall–Kier alpha value is -3.37. The van der Waals surface area contributed by atoms with Crippen LogP contribution in [0.1, 0.15) is 17.5 Å². The van der Waals surface area contributed by atoms with Crippen molar-refractivity contribution in [2.45, 2.75) is 12.8 Å². The SMILES string of the molecule is N#Cc1ccc(Nc2ccc(NS(=O)(=O)CCCc3ccccc3)cn2)cc1. The number of anilines is 3. The summed E-state index contributed by atoms with van der Waals surface area (Å²) in [6, 6.07) is 22.2. The number of aryl methyl sites for hydroxylation is 1. The molecule has 0 atom stereocenters. The molecule has 0 bridgehead atoms. The van der Waals surface area contributed by atoms with Crippen LogP contribution in [-0.4, -0.2) is 19.2 Å². The fourth-order valence-corrected chi connectivity index (χ4v) is 3.75. The van der Waals surface area contributed by atoms with Gasteiger partial charge in [0, 0.05) is 5.69 Å². The quantitative estimate of drug-likeness (QED) is 0.602. The van der Waals surface area contributed by atoms with Crippen molar-refractivity contribution in [3.05, 3.63) is 84.1 Å². The van der Waals surface area contributed by atoms with E-state index >= 15 is 0 Å². The Kier molecular flexibility index (Phi) is 6.25. The number of hydrogen-bond acceptors (Lipinski definition) is 5. The number of rotatable bonds is 8. The lowest BCUT2D eigenvalue weighted by Crippen LogP contribution is -2.17. The average Bonchev–Trinajstić information content (AvgIpc) is 2.70. The molecule has 0 spiro atoms. The maximum Gasteiger partial charge on any atom is 0.232 e. The zero-order valence-electron chi connectivity index (χ0n) is 15.2. The van der Waals surface area contributed by atoms with Crippen LogP contribution in [0.15, 0.2) is 72.9 Å². The van der Waals surface area contributed by atoms with Crippen molar-refractivity contribution in [2.24, 2.45) is 0 Å². The zero-order valence-corrected chi connectivity index (χ0v) is 16.0. The highest BCUT2D eigenvalue weighted by Crippen LogP contribution is 2.17. The topological polar surface area (TPSA) is 94.9 Å². The lowest BCUT2D eigenvalue weighted by Gasteiger charge is -2.09. The fourth-order valence-electron chi connectivity index (χ4n) is 2.65. The van der Waals surface area contributed by atoms with Gasteiger partial charge in [-0.25, -0.2) is 13.4 Å². The Morgan fingerprint density at radius 3 is 2.29 bits per heavy atom. The highest BCUT2D eigenvalue weighted by Gasteiger charge is 2.10. The van der Waals surface area contributed by atoms with Crippen molar-refractivity contribution in [1.82, 2.24) is 4.98 Å². The molecule has 0 fully saturated rings. The molecule has 0 saturated heterocycles. The predicted octanol–water partition coefficient (Wildman–Crippen LogP) is 4.07.